The van der Waals surface area contributed by atoms with E-state index in [2.05, 4.69) is 15.1 Å². The molecule has 240 valence electrons. The van der Waals surface area contributed by atoms with Gasteiger partial charge in [0.1, 0.15) is 5.82 Å². The second-order valence-corrected chi connectivity index (χ2v) is 13.5. The van der Waals surface area contributed by atoms with Crippen LogP contribution >= 0.6 is 22.9 Å². The predicted octanol–water partition coefficient (Wildman–Crippen LogP) is 6.65. The van der Waals surface area contributed by atoms with Gasteiger partial charge in [-0.3, -0.25) is 24.2 Å². The monoisotopic (exact) mass is 655 g/mol. The van der Waals surface area contributed by atoms with Crippen molar-refractivity contribution < 1.29 is 28.2 Å². The molecule has 1 aliphatic carbocycles. The zero-order valence-electron chi connectivity index (χ0n) is 25.4. The highest BCUT2D eigenvalue weighted by Crippen LogP contribution is 2.34. The molecule has 0 radical (unpaired) electrons. The Morgan fingerprint density at radius 2 is 1.84 bits per heavy atom. The maximum Gasteiger partial charge on any atom is 0.308 e. The van der Waals surface area contributed by atoms with Crippen molar-refractivity contribution in [3.63, 3.8) is 0 Å². The lowest BCUT2D eigenvalue weighted by Crippen LogP contribution is -2.59. The quantitative estimate of drug-likeness (QED) is 0.232. The molecule has 6 rings (SSSR count). The van der Waals surface area contributed by atoms with E-state index in [0.717, 1.165) is 68.2 Å². The standard InChI is InChI=1S/C34H39ClFN3O5S/c1-2-43-33(42)21-10-12-23(13-11-21)44-34(38-14-6-15-38)39-16-5-8-29(39)30(40)18-22-17-26(35)28(19-27(22)36)37-32(41)25-20-45-31-9-4-3-7-24(25)31/h3-4,7,9,17,19-21,23,29,34H,2,5-6,8,10-16,18H2,1H3,(H,37,41)/t21?,23?,29-,34-/m0/s1. The lowest BCUT2D eigenvalue weighted by atomic mass is 9.87. The highest BCUT2D eigenvalue weighted by atomic mass is 35.5. The van der Waals surface area contributed by atoms with E-state index >= 15 is 4.39 Å². The summed E-state index contributed by atoms with van der Waals surface area (Å²) in [4.78, 5) is 43.3. The summed E-state index contributed by atoms with van der Waals surface area (Å²) in [5.74, 6) is -1.24. The van der Waals surface area contributed by atoms with Gasteiger partial charge in [-0.25, -0.2) is 4.39 Å². The van der Waals surface area contributed by atoms with E-state index < -0.39 is 11.9 Å². The number of fused-ring (bicyclic) bond motifs is 1. The van der Waals surface area contributed by atoms with Crippen molar-refractivity contribution in [1.29, 1.82) is 0 Å². The van der Waals surface area contributed by atoms with E-state index in [0.29, 0.717) is 18.6 Å². The summed E-state index contributed by atoms with van der Waals surface area (Å²) in [5, 5.41) is 5.51. The minimum Gasteiger partial charge on any atom is -0.466 e. The number of nitrogens with one attached hydrogen (secondary N) is 1. The minimum atomic E-state index is -0.586. The van der Waals surface area contributed by atoms with E-state index in [9.17, 15) is 14.4 Å². The molecular formula is C34H39ClFN3O5S. The van der Waals surface area contributed by atoms with E-state index in [1.165, 1.54) is 23.5 Å². The van der Waals surface area contributed by atoms with Gasteiger partial charge in [-0.15, -0.1) is 11.3 Å². The third-order valence-corrected chi connectivity index (χ3v) is 10.5. The molecule has 2 aromatic carbocycles. The van der Waals surface area contributed by atoms with Gasteiger partial charge < -0.3 is 14.8 Å². The van der Waals surface area contributed by atoms with Crippen LogP contribution in [0.4, 0.5) is 10.1 Å². The number of rotatable bonds is 11. The topological polar surface area (TPSA) is 88.2 Å². The van der Waals surface area contributed by atoms with Gasteiger partial charge in [-0.2, -0.15) is 0 Å². The molecule has 3 aliphatic rings. The molecule has 2 atom stereocenters. The third kappa shape index (κ3) is 7.10. The number of carbonyl (C=O) groups is 3. The van der Waals surface area contributed by atoms with E-state index in [1.54, 1.807) is 5.38 Å². The number of anilines is 1. The Labute approximate surface area is 271 Å². The fourth-order valence-electron chi connectivity index (χ4n) is 6.67. The molecule has 0 spiro atoms. The van der Waals surface area contributed by atoms with E-state index in [1.807, 2.05) is 31.2 Å². The summed E-state index contributed by atoms with van der Waals surface area (Å²) in [6.45, 7) is 4.74. The van der Waals surface area contributed by atoms with Gasteiger partial charge in [0.2, 0.25) is 0 Å². The lowest BCUT2D eigenvalue weighted by Gasteiger charge is -2.46. The normalized spacial score (nSPS) is 23.0. The molecule has 0 unspecified atom stereocenters. The molecule has 3 aromatic rings. The molecular weight excluding hydrogens is 617 g/mol. The first-order valence-corrected chi connectivity index (χ1v) is 17.2. The molecule has 1 N–H and O–H groups in total. The Bertz CT molecular complexity index is 1550. The summed E-state index contributed by atoms with van der Waals surface area (Å²) < 4.78 is 28.2. The van der Waals surface area contributed by atoms with Crippen LogP contribution in [0, 0.1) is 11.7 Å². The van der Waals surface area contributed by atoms with Crippen molar-refractivity contribution in [1.82, 2.24) is 9.80 Å². The molecule has 1 aromatic heterocycles. The SMILES string of the molecule is CCOC(=O)C1CCC(O[C@@H](N2CCC2)N2CCC[C@H]2C(=O)Cc2cc(Cl)c(NC(=O)c3csc4ccccc34)cc2F)CC1. The Kier molecular flexibility index (Phi) is 10.2. The number of halogens is 2. The zero-order chi connectivity index (χ0) is 31.5. The van der Waals surface area contributed by atoms with Gasteiger partial charge in [0, 0.05) is 41.5 Å². The van der Waals surface area contributed by atoms with Crippen LogP contribution in [0.25, 0.3) is 10.1 Å². The van der Waals surface area contributed by atoms with E-state index in [4.69, 9.17) is 21.1 Å². The van der Waals surface area contributed by atoms with Crippen LogP contribution in [0.3, 0.4) is 0 Å². The second-order valence-electron chi connectivity index (χ2n) is 12.1. The molecule has 11 heteroatoms. The van der Waals surface area contributed by atoms with Crippen LogP contribution in [0.5, 0.6) is 0 Å². The highest BCUT2D eigenvalue weighted by Gasteiger charge is 2.42. The number of esters is 1. The fraction of sp³-hybridized carbons (Fsp3) is 0.500. The fourth-order valence-corrected chi connectivity index (χ4v) is 7.84. The number of hydrogen-bond donors (Lipinski definition) is 1. The molecule has 0 bridgehead atoms. The molecule has 3 heterocycles. The summed E-state index contributed by atoms with van der Waals surface area (Å²) in [5.41, 5.74) is 0.866. The molecule has 3 fully saturated rings. The molecule has 2 aliphatic heterocycles. The van der Waals surface area contributed by atoms with Crippen molar-refractivity contribution >= 4 is 56.4 Å². The van der Waals surface area contributed by atoms with Gasteiger partial charge in [-0.1, -0.05) is 29.8 Å². The Morgan fingerprint density at radius 3 is 2.58 bits per heavy atom. The number of carbonyl (C=O) groups excluding carboxylic acids is 3. The van der Waals surface area contributed by atoms with Crippen molar-refractivity contribution in [2.24, 2.45) is 5.92 Å². The smallest absolute Gasteiger partial charge is 0.308 e. The van der Waals surface area contributed by atoms with Crippen LogP contribution in [-0.4, -0.2) is 72.2 Å². The van der Waals surface area contributed by atoms with Crippen LogP contribution < -0.4 is 5.32 Å². The molecule has 1 saturated carbocycles. The van der Waals surface area contributed by atoms with E-state index in [-0.39, 0.29) is 58.7 Å². The Hall–Kier alpha value is -2.89. The first-order valence-electron chi connectivity index (χ1n) is 15.9. The maximum absolute atomic E-state index is 15.4. The summed E-state index contributed by atoms with van der Waals surface area (Å²) in [6.07, 6.45) is 5.21. The average Bonchev–Trinajstić information content (AvgIpc) is 3.67. The largest absolute Gasteiger partial charge is 0.466 e. The molecule has 1 amide bonds. The number of thiophene rings is 1. The average molecular weight is 656 g/mol. The first kappa shape index (κ1) is 32.1. The van der Waals surface area contributed by atoms with Crippen LogP contribution in [-0.2, 0) is 25.5 Å². The molecule has 45 heavy (non-hydrogen) atoms. The van der Waals surface area contributed by atoms with Gasteiger partial charge >= 0.3 is 5.97 Å². The van der Waals surface area contributed by atoms with Gasteiger partial charge in [0.15, 0.2) is 12.1 Å². The van der Waals surface area contributed by atoms with Crippen molar-refractivity contribution in [3.05, 3.63) is 63.7 Å². The van der Waals surface area contributed by atoms with Gasteiger partial charge in [0.05, 0.1) is 40.9 Å². The van der Waals surface area contributed by atoms with Gasteiger partial charge in [0.25, 0.3) is 5.91 Å². The van der Waals surface area contributed by atoms with Crippen LogP contribution in [0.1, 0.15) is 67.8 Å². The number of nitrogens with zero attached hydrogens (tertiary/aromatic N) is 2. The Morgan fingerprint density at radius 1 is 1.07 bits per heavy atom. The van der Waals surface area contributed by atoms with Crippen molar-refractivity contribution in [2.45, 2.75) is 76.8 Å². The van der Waals surface area contributed by atoms with Crippen molar-refractivity contribution in [3.8, 4) is 0 Å². The van der Waals surface area contributed by atoms with Crippen molar-refractivity contribution in [2.75, 3.05) is 31.6 Å². The van der Waals surface area contributed by atoms with Gasteiger partial charge in [-0.05, 0) is 75.6 Å². The maximum atomic E-state index is 15.4. The number of likely N-dealkylation sites (tertiary alicyclic amines) is 2. The number of hydrogen-bond acceptors (Lipinski definition) is 8. The number of benzene rings is 2. The molecule has 2 saturated heterocycles. The highest BCUT2D eigenvalue weighted by molar-refractivity contribution is 7.17. The zero-order valence-corrected chi connectivity index (χ0v) is 27.0. The second kappa shape index (κ2) is 14.3. The first-order chi connectivity index (χ1) is 21.8. The number of Topliss-reactive ketones (excluding diaryl/α,β-unsaturated/α-hetero) is 1. The number of amides is 1. The molecule has 8 nitrogen and oxygen atoms in total. The van der Waals surface area contributed by atoms with Crippen LogP contribution in [0.2, 0.25) is 5.02 Å². The van der Waals surface area contributed by atoms with Crippen LogP contribution in [0.15, 0.2) is 41.8 Å². The summed E-state index contributed by atoms with van der Waals surface area (Å²) >= 11 is 7.98. The Balaban J connectivity index is 1.10. The predicted molar refractivity (Wildman–Crippen MR) is 173 cm³/mol. The number of ketones is 1. The number of ether oxygens (including phenoxy) is 2. The summed E-state index contributed by atoms with van der Waals surface area (Å²) in [7, 11) is 0. The minimum absolute atomic E-state index is 0.00343. The summed E-state index contributed by atoms with van der Waals surface area (Å²) in [6, 6.07) is 9.84. The third-order valence-electron chi connectivity index (χ3n) is 9.24. The lowest BCUT2D eigenvalue weighted by molar-refractivity contribution is -0.208.